The molecule has 0 radical (unpaired) electrons. The monoisotopic (exact) mass is 285 g/mol. The zero-order valence-electron chi connectivity index (χ0n) is 11.1. The fourth-order valence-corrected chi connectivity index (χ4v) is 2.65. The number of rotatable bonds is 5. The standard InChI is InChI=1S/C15H15N3OS/c1-11(9-19-12-5-3-2-4-6-12)18-14-13-7-8-20-15(13)17-10-16-14/h2-8,10-11H,9H2,1H3,(H,16,17,18). The van der Waals surface area contributed by atoms with Gasteiger partial charge >= 0.3 is 0 Å². The molecule has 2 aromatic heterocycles. The third-order valence-electron chi connectivity index (χ3n) is 2.89. The van der Waals surface area contributed by atoms with E-state index in [4.69, 9.17) is 4.74 Å². The number of nitrogens with zero attached hydrogens (tertiary/aromatic N) is 2. The summed E-state index contributed by atoms with van der Waals surface area (Å²) in [4.78, 5) is 9.54. The summed E-state index contributed by atoms with van der Waals surface area (Å²) in [6, 6.07) is 12.0. The molecule has 102 valence electrons. The average molecular weight is 285 g/mol. The highest BCUT2D eigenvalue weighted by Crippen LogP contribution is 2.24. The van der Waals surface area contributed by atoms with Crippen LogP contribution < -0.4 is 10.1 Å². The van der Waals surface area contributed by atoms with Gasteiger partial charge in [0, 0.05) is 0 Å². The second-order valence-electron chi connectivity index (χ2n) is 4.53. The number of nitrogens with one attached hydrogen (secondary N) is 1. The van der Waals surface area contributed by atoms with Gasteiger partial charge in [0.1, 0.15) is 29.3 Å². The van der Waals surface area contributed by atoms with Crippen molar-refractivity contribution < 1.29 is 4.74 Å². The Labute approximate surface area is 121 Å². The van der Waals surface area contributed by atoms with Gasteiger partial charge < -0.3 is 10.1 Å². The van der Waals surface area contributed by atoms with E-state index in [0.717, 1.165) is 21.8 Å². The second kappa shape index (κ2) is 5.88. The van der Waals surface area contributed by atoms with Gasteiger partial charge in [-0.05, 0) is 30.5 Å². The van der Waals surface area contributed by atoms with Gasteiger partial charge in [0.25, 0.3) is 0 Å². The Morgan fingerprint density at radius 1 is 1.20 bits per heavy atom. The van der Waals surface area contributed by atoms with Crippen molar-refractivity contribution in [2.75, 3.05) is 11.9 Å². The van der Waals surface area contributed by atoms with E-state index in [0.29, 0.717) is 6.61 Å². The van der Waals surface area contributed by atoms with Crippen molar-refractivity contribution in [3.05, 3.63) is 48.1 Å². The van der Waals surface area contributed by atoms with Gasteiger partial charge in [0.15, 0.2) is 0 Å². The number of ether oxygens (including phenoxy) is 1. The molecule has 0 bridgehead atoms. The fraction of sp³-hybridized carbons (Fsp3) is 0.200. The van der Waals surface area contributed by atoms with E-state index in [1.165, 1.54) is 0 Å². The molecule has 0 aliphatic carbocycles. The number of hydrogen-bond acceptors (Lipinski definition) is 5. The number of para-hydroxylation sites is 1. The first-order chi connectivity index (χ1) is 9.83. The van der Waals surface area contributed by atoms with E-state index < -0.39 is 0 Å². The van der Waals surface area contributed by atoms with Crippen molar-refractivity contribution in [2.45, 2.75) is 13.0 Å². The Bertz CT molecular complexity index is 684. The Hall–Kier alpha value is -2.14. The zero-order chi connectivity index (χ0) is 13.8. The van der Waals surface area contributed by atoms with Crippen molar-refractivity contribution >= 4 is 27.4 Å². The molecule has 1 unspecified atom stereocenters. The molecular weight excluding hydrogens is 270 g/mol. The molecule has 2 heterocycles. The Morgan fingerprint density at radius 3 is 2.90 bits per heavy atom. The molecule has 3 rings (SSSR count). The van der Waals surface area contributed by atoms with Crippen LogP contribution in [0.4, 0.5) is 5.82 Å². The van der Waals surface area contributed by atoms with Crippen LogP contribution in [0.3, 0.4) is 0 Å². The quantitative estimate of drug-likeness (QED) is 0.778. The average Bonchev–Trinajstić information content (AvgIpc) is 2.96. The van der Waals surface area contributed by atoms with Crippen LogP contribution in [0, 0.1) is 0 Å². The van der Waals surface area contributed by atoms with Crippen LogP contribution in [0.25, 0.3) is 10.2 Å². The molecule has 0 aliphatic heterocycles. The maximum Gasteiger partial charge on any atom is 0.138 e. The lowest BCUT2D eigenvalue weighted by atomic mass is 10.3. The lowest BCUT2D eigenvalue weighted by molar-refractivity contribution is 0.304. The van der Waals surface area contributed by atoms with Crippen molar-refractivity contribution in [2.24, 2.45) is 0 Å². The van der Waals surface area contributed by atoms with Gasteiger partial charge in [-0.3, -0.25) is 0 Å². The summed E-state index contributed by atoms with van der Waals surface area (Å²) in [6.07, 6.45) is 1.59. The highest BCUT2D eigenvalue weighted by molar-refractivity contribution is 7.16. The van der Waals surface area contributed by atoms with Gasteiger partial charge in [-0.25, -0.2) is 9.97 Å². The summed E-state index contributed by atoms with van der Waals surface area (Å²) in [6.45, 7) is 2.66. The van der Waals surface area contributed by atoms with Gasteiger partial charge in [0.05, 0.1) is 11.4 Å². The minimum atomic E-state index is 0.160. The minimum Gasteiger partial charge on any atom is -0.491 e. The molecule has 0 spiro atoms. The number of hydrogen-bond donors (Lipinski definition) is 1. The van der Waals surface area contributed by atoms with Crippen LogP contribution in [0.5, 0.6) is 5.75 Å². The first kappa shape index (κ1) is 12.9. The van der Waals surface area contributed by atoms with Crippen LogP contribution in [0.1, 0.15) is 6.92 Å². The summed E-state index contributed by atoms with van der Waals surface area (Å²) in [5.41, 5.74) is 0. The normalized spacial score (nSPS) is 12.2. The molecule has 20 heavy (non-hydrogen) atoms. The molecular formula is C15H15N3OS. The smallest absolute Gasteiger partial charge is 0.138 e. The van der Waals surface area contributed by atoms with Crippen LogP contribution in [0.15, 0.2) is 48.1 Å². The lowest BCUT2D eigenvalue weighted by Crippen LogP contribution is -2.24. The summed E-state index contributed by atoms with van der Waals surface area (Å²) in [7, 11) is 0. The molecule has 0 saturated carbocycles. The number of benzene rings is 1. The van der Waals surface area contributed by atoms with E-state index in [9.17, 15) is 0 Å². The van der Waals surface area contributed by atoms with Crippen LogP contribution in [0.2, 0.25) is 0 Å². The molecule has 0 fully saturated rings. The van der Waals surface area contributed by atoms with E-state index in [1.807, 2.05) is 41.8 Å². The van der Waals surface area contributed by atoms with Crippen LogP contribution in [-0.2, 0) is 0 Å². The molecule has 1 N–H and O–H groups in total. The molecule has 1 aromatic carbocycles. The van der Waals surface area contributed by atoms with Crippen molar-refractivity contribution in [3.8, 4) is 5.75 Å². The third-order valence-corrected chi connectivity index (χ3v) is 3.71. The third kappa shape index (κ3) is 2.88. The molecule has 1 atom stereocenters. The molecule has 0 amide bonds. The summed E-state index contributed by atoms with van der Waals surface area (Å²) in [5.74, 6) is 1.74. The maximum atomic E-state index is 5.73. The lowest BCUT2D eigenvalue weighted by Gasteiger charge is -2.15. The van der Waals surface area contributed by atoms with E-state index in [-0.39, 0.29) is 6.04 Å². The fourth-order valence-electron chi connectivity index (χ4n) is 1.92. The topological polar surface area (TPSA) is 47.0 Å². The van der Waals surface area contributed by atoms with Crippen molar-refractivity contribution in [3.63, 3.8) is 0 Å². The number of aromatic nitrogens is 2. The molecule has 0 aliphatic rings. The van der Waals surface area contributed by atoms with Crippen molar-refractivity contribution in [1.29, 1.82) is 0 Å². The van der Waals surface area contributed by atoms with E-state index in [1.54, 1.807) is 17.7 Å². The molecule has 4 nitrogen and oxygen atoms in total. The Balaban J connectivity index is 1.64. The number of thiophene rings is 1. The second-order valence-corrected chi connectivity index (χ2v) is 5.43. The molecule has 3 aromatic rings. The van der Waals surface area contributed by atoms with E-state index >= 15 is 0 Å². The molecule has 5 heteroatoms. The maximum absolute atomic E-state index is 5.73. The first-order valence-electron chi connectivity index (χ1n) is 6.45. The zero-order valence-corrected chi connectivity index (χ0v) is 11.9. The molecule has 0 saturated heterocycles. The van der Waals surface area contributed by atoms with Gasteiger partial charge in [-0.15, -0.1) is 11.3 Å². The Morgan fingerprint density at radius 2 is 2.05 bits per heavy atom. The summed E-state index contributed by atoms with van der Waals surface area (Å²) < 4.78 is 5.73. The van der Waals surface area contributed by atoms with Crippen LogP contribution >= 0.6 is 11.3 Å². The van der Waals surface area contributed by atoms with Gasteiger partial charge in [-0.1, -0.05) is 18.2 Å². The Kier molecular flexibility index (Phi) is 3.78. The highest BCUT2D eigenvalue weighted by atomic mass is 32.1. The predicted octanol–water partition coefficient (Wildman–Crippen LogP) is 3.57. The van der Waals surface area contributed by atoms with Crippen LogP contribution in [-0.4, -0.2) is 22.6 Å². The summed E-state index contributed by atoms with van der Waals surface area (Å²) >= 11 is 1.62. The van der Waals surface area contributed by atoms with Gasteiger partial charge in [0.2, 0.25) is 0 Å². The van der Waals surface area contributed by atoms with Crippen molar-refractivity contribution in [1.82, 2.24) is 9.97 Å². The summed E-state index contributed by atoms with van der Waals surface area (Å²) in [5, 5.41) is 6.45. The SMILES string of the molecule is CC(COc1ccccc1)Nc1ncnc2sccc12. The van der Waals surface area contributed by atoms with E-state index in [2.05, 4.69) is 22.2 Å². The first-order valence-corrected chi connectivity index (χ1v) is 7.33. The largest absolute Gasteiger partial charge is 0.491 e. The highest BCUT2D eigenvalue weighted by Gasteiger charge is 2.08. The number of fused-ring (bicyclic) bond motifs is 1. The van der Waals surface area contributed by atoms with Gasteiger partial charge in [-0.2, -0.15) is 0 Å². The predicted molar refractivity (Wildman–Crippen MR) is 82.4 cm³/mol. The minimum absolute atomic E-state index is 0.160. The number of anilines is 1.